The van der Waals surface area contributed by atoms with Crippen molar-refractivity contribution in [2.24, 2.45) is 0 Å². The smallest absolute Gasteiger partial charge is 0.274 e. The largest absolute Gasteiger partial charge is 0.337 e. The second kappa shape index (κ2) is 6.64. The second-order valence-electron chi connectivity index (χ2n) is 6.58. The lowest BCUT2D eigenvalue weighted by Gasteiger charge is -2.31. The number of nitrogens with zero attached hydrogens (tertiary/aromatic N) is 3. The Balaban J connectivity index is 1.51. The number of thiazole rings is 1. The molecule has 4 heterocycles. The van der Waals surface area contributed by atoms with Gasteiger partial charge in [0.1, 0.15) is 0 Å². The summed E-state index contributed by atoms with van der Waals surface area (Å²) in [6.45, 7) is 5.38. The van der Waals surface area contributed by atoms with E-state index in [4.69, 9.17) is 4.98 Å². The van der Waals surface area contributed by atoms with Gasteiger partial charge >= 0.3 is 0 Å². The van der Waals surface area contributed by atoms with Crippen LogP contribution in [0, 0.1) is 0 Å². The fraction of sp³-hybridized carbons (Fsp3) is 0.588. The Morgan fingerprint density at radius 2 is 2.42 bits per heavy atom. The van der Waals surface area contributed by atoms with Crippen molar-refractivity contribution in [3.05, 3.63) is 33.0 Å². The molecule has 1 unspecified atom stereocenters. The molecular formula is C17H23N5OS. The number of piperidine rings is 1. The molecule has 0 aliphatic carbocycles. The first-order valence-corrected chi connectivity index (χ1v) is 9.64. The summed E-state index contributed by atoms with van der Waals surface area (Å²) >= 11 is 1.73. The first-order valence-electron chi connectivity index (χ1n) is 8.76. The van der Waals surface area contributed by atoms with Crippen molar-refractivity contribution in [1.29, 1.82) is 0 Å². The van der Waals surface area contributed by atoms with E-state index in [0.717, 1.165) is 68.8 Å². The molecule has 0 saturated carbocycles. The predicted molar refractivity (Wildman–Crippen MR) is 93.4 cm³/mol. The molecule has 0 bridgehead atoms. The monoisotopic (exact) mass is 345 g/mol. The normalized spacial score (nSPS) is 20.9. The van der Waals surface area contributed by atoms with Crippen LogP contribution in [0.3, 0.4) is 0 Å². The van der Waals surface area contributed by atoms with Crippen molar-refractivity contribution >= 4 is 17.2 Å². The average molecular weight is 345 g/mol. The predicted octanol–water partition coefficient (Wildman–Crippen LogP) is 2.09. The maximum atomic E-state index is 13.0. The van der Waals surface area contributed by atoms with Gasteiger partial charge in [0.05, 0.1) is 10.7 Å². The van der Waals surface area contributed by atoms with Gasteiger partial charge in [0, 0.05) is 55.2 Å². The molecule has 6 nitrogen and oxygen atoms in total. The molecule has 2 aliphatic rings. The molecule has 1 amide bonds. The zero-order valence-electron chi connectivity index (χ0n) is 14.0. The summed E-state index contributed by atoms with van der Waals surface area (Å²) in [6, 6.07) is 0. The van der Waals surface area contributed by atoms with Crippen molar-refractivity contribution in [3.63, 3.8) is 0 Å². The maximum Gasteiger partial charge on any atom is 0.274 e. The van der Waals surface area contributed by atoms with Crippen LogP contribution in [0.25, 0.3) is 0 Å². The molecule has 2 aliphatic heterocycles. The summed E-state index contributed by atoms with van der Waals surface area (Å²) in [5.41, 5.74) is 3.92. The van der Waals surface area contributed by atoms with Gasteiger partial charge in [0.25, 0.3) is 5.91 Å². The third-order valence-electron chi connectivity index (χ3n) is 5.00. The number of fused-ring (bicyclic) bond motifs is 1. The molecule has 4 rings (SSSR count). The van der Waals surface area contributed by atoms with E-state index in [2.05, 4.69) is 27.8 Å². The standard InChI is InChI=1S/C17H23N5OS/c1-2-12-10-24-16(19-12)11-4-3-7-22(9-11)17(23)15-13-8-18-6-5-14(13)20-21-15/h10-11,18H,2-9H2,1H3,(H,20,21). The Hall–Kier alpha value is -1.73. The summed E-state index contributed by atoms with van der Waals surface area (Å²) in [4.78, 5) is 19.7. The third-order valence-corrected chi connectivity index (χ3v) is 6.05. The number of amides is 1. The summed E-state index contributed by atoms with van der Waals surface area (Å²) in [6.07, 6.45) is 4.03. The molecule has 2 aromatic rings. The van der Waals surface area contributed by atoms with E-state index >= 15 is 0 Å². The molecule has 128 valence electrons. The lowest BCUT2D eigenvalue weighted by Crippen LogP contribution is -2.40. The fourth-order valence-corrected chi connectivity index (χ4v) is 4.62. The van der Waals surface area contributed by atoms with E-state index in [1.807, 2.05) is 4.90 Å². The van der Waals surface area contributed by atoms with Gasteiger partial charge in [-0.15, -0.1) is 11.3 Å². The molecule has 0 spiro atoms. The van der Waals surface area contributed by atoms with Gasteiger partial charge in [-0.05, 0) is 19.3 Å². The molecule has 2 N–H and O–H groups in total. The number of aromatic amines is 1. The number of carbonyl (C=O) groups excluding carboxylic acids is 1. The summed E-state index contributed by atoms with van der Waals surface area (Å²) < 4.78 is 0. The van der Waals surface area contributed by atoms with Gasteiger partial charge in [-0.1, -0.05) is 6.92 Å². The van der Waals surface area contributed by atoms with Crippen LogP contribution in [-0.4, -0.2) is 45.6 Å². The molecule has 2 aromatic heterocycles. The van der Waals surface area contributed by atoms with Gasteiger partial charge < -0.3 is 10.2 Å². The molecule has 0 radical (unpaired) electrons. The number of H-pyrrole nitrogens is 1. The van der Waals surface area contributed by atoms with Crippen LogP contribution >= 0.6 is 11.3 Å². The van der Waals surface area contributed by atoms with Crippen molar-refractivity contribution in [2.45, 2.75) is 45.1 Å². The number of aryl methyl sites for hydroxylation is 1. The van der Waals surface area contributed by atoms with Crippen molar-refractivity contribution in [1.82, 2.24) is 25.4 Å². The highest BCUT2D eigenvalue weighted by atomic mass is 32.1. The quantitative estimate of drug-likeness (QED) is 0.893. The minimum atomic E-state index is 0.0631. The Morgan fingerprint density at radius 3 is 3.25 bits per heavy atom. The van der Waals surface area contributed by atoms with Crippen LogP contribution in [0.4, 0.5) is 0 Å². The fourth-order valence-electron chi connectivity index (χ4n) is 3.59. The summed E-state index contributed by atoms with van der Waals surface area (Å²) in [5.74, 6) is 0.425. The van der Waals surface area contributed by atoms with Crippen LogP contribution < -0.4 is 5.32 Å². The summed E-state index contributed by atoms with van der Waals surface area (Å²) in [7, 11) is 0. The molecule has 1 saturated heterocycles. The number of rotatable bonds is 3. The van der Waals surface area contributed by atoms with Crippen molar-refractivity contribution < 1.29 is 4.79 Å². The number of carbonyl (C=O) groups is 1. The summed E-state index contributed by atoms with van der Waals surface area (Å²) in [5, 5.41) is 14.0. The first kappa shape index (κ1) is 15.8. The zero-order valence-corrected chi connectivity index (χ0v) is 14.8. The van der Waals surface area contributed by atoms with E-state index in [0.29, 0.717) is 11.6 Å². The van der Waals surface area contributed by atoms with E-state index in [1.165, 1.54) is 5.01 Å². The SMILES string of the molecule is CCc1csc(C2CCCN(C(=O)c3n[nH]c4c3CNCC4)C2)n1. The van der Waals surface area contributed by atoms with Crippen LogP contribution in [0.2, 0.25) is 0 Å². The molecule has 1 fully saturated rings. The highest BCUT2D eigenvalue weighted by Gasteiger charge is 2.30. The molecular weight excluding hydrogens is 322 g/mol. The number of hydrogen-bond acceptors (Lipinski definition) is 5. The van der Waals surface area contributed by atoms with E-state index in [9.17, 15) is 4.79 Å². The van der Waals surface area contributed by atoms with Crippen molar-refractivity contribution in [3.8, 4) is 0 Å². The second-order valence-corrected chi connectivity index (χ2v) is 7.47. The van der Waals surface area contributed by atoms with Gasteiger partial charge in [0.2, 0.25) is 0 Å². The Kier molecular flexibility index (Phi) is 4.37. The van der Waals surface area contributed by atoms with E-state index < -0.39 is 0 Å². The van der Waals surface area contributed by atoms with Crippen LogP contribution in [0.1, 0.15) is 58.1 Å². The zero-order chi connectivity index (χ0) is 16.5. The lowest BCUT2D eigenvalue weighted by atomic mass is 9.97. The van der Waals surface area contributed by atoms with Crippen LogP contribution in [0.5, 0.6) is 0 Å². The van der Waals surface area contributed by atoms with E-state index in [-0.39, 0.29) is 5.91 Å². The minimum Gasteiger partial charge on any atom is -0.337 e. The number of nitrogens with one attached hydrogen (secondary N) is 2. The molecule has 24 heavy (non-hydrogen) atoms. The molecule has 7 heteroatoms. The first-order chi connectivity index (χ1) is 11.8. The highest BCUT2D eigenvalue weighted by Crippen LogP contribution is 2.30. The average Bonchev–Trinajstić information content (AvgIpc) is 3.28. The minimum absolute atomic E-state index is 0.0631. The topological polar surface area (TPSA) is 73.9 Å². The molecule has 1 atom stereocenters. The van der Waals surface area contributed by atoms with Crippen LogP contribution in [0.15, 0.2) is 5.38 Å². The van der Waals surface area contributed by atoms with Gasteiger partial charge in [-0.3, -0.25) is 9.89 Å². The molecule has 0 aromatic carbocycles. The number of likely N-dealkylation sites (tertiary alicyclic amines) is 1. The Bertz CT molecular complexity index is 737. The Morgan fingerprint density at radius 1 is 1.50 bits per heavy atom. The van der Waals surface area contributed by atoms with Crippen molar-refractivity contribution in [2.75, 3.05) is 19.6 Å². The van der Waals surface area contributed by atoms with Gasteiger partial charge in [0.15, 0.2) is 5.69 Å². The van der Waals surface area contributed by atoms with Crippen LogP contribution in [-0.2, 0) is 19.4 Å². The number of aromatic nitrogens is 3. The lowest BCUT2D eigenvalue weighted by molar-refractivity contribution is 0.0699. The van der Waals surface area contributed by atoms with Gasteiger partial charge in [-0.25, -0.2) is 4.98 Å². The van der Waals surface area contributed by atoms with E-state index in [1.54, 1.807) is 11.3 Å². The maximum absolute atomic E-state index is 13.0. The highest BCUT2D eigenvalue weighted by molar-refractivity contribution is 7.09. The Labute approximate surface area is 145 Å². The van der Waals surface area contributed by atoms with Gasteiger partial charge in [-0.2, -0.15) is 5.10 Å². The third kappa shape index (κ3) is 2.86. The number of hydrogen-bond donors (Lipinski definition) is 2.